The fraction of sp³-hybridized carbons (Fsp3) is 0.500. The summed E-state index contributed by atoms with van der Waals surface area (Å²) in [5, 5.41) is 3.15. The van der Waals surface area contributed by atoms with Crippen LogP contribution < -0.4 is 11.1 Å². The first-order valence-electron chi connectivity index (χ1n) is 6.23. The van der Waals surface area contributed by atoms with Crippen molar-refractivity contribution in [1.82, 2.24) is 5.32 Å². The lowest BCUT2D eigenvalue weighted by atomic mass is 10.1. The summed E-state index contributed by atoms with van der Waals surface area (Å²) in [6.07, 6.45) is 1.03. The number of nitrogens with zero attached hydrogens (tertiary/aromatic N) is 1. The molecule has 1 rings (SSSR count). The molecule has 0 aliphatic heterocycles. The smallest absolute Gasteiger partial charge is 0.188 e. The third-order valence-electron chi connectivity index (χ3n) is 2.10. The van der Waals surface area contributed by atoms with Crippen molar-refractivity contribution in [2.24, 2.45) is 10.7 Å². The van der Waals surface area contributed by atoms with Crippen LogP contribution in [0, 0.1) is 0 Å². The Bertz CT molecular complexity index is 368. The van der Waals surface area contributed by atoms with E-state index in [-0.39, 0.29) is 5.54 Å². The molecule has 0 saturated carbocycles. The summed E-state index contributed by atoms with van der Waals surface area (Å²) in [5.74, 6) is 1.60. The maximum atomic E-state index is 5.79. The average Bonchev–Trinajstić information content (AvgIpc) is 2.27. The van der Waals surface area contributed by atoms with Gasteiger partial charge in [0, 0.05) is 17.0 Å². The Morgan fingerprint density at radius 2 is 1.94 bits per heavy atom. The molecule has 1 aromatic rings. The number of guanidine groups is 1. The van der Waals surface area contributed by atoms with Gasteiger partial charge in [-0.25, -0.2) is 0 Å². The molecule has 0 bridgehead atoms. The number of benzene rings is 1. The quantitative estimate of drug-likeness (QED) is 0.372. The molecule has 0 atom stereocenters. The fourth-order valence-electron chi connectivity index (χ4n) is 1.39. The van der Waals surface area contributed by atoms with Crippen LogP contribution in [0.25, 0.3) is 0 Å². The van der Waals surface area contributed by atoms with E-state index < -0.39 is 0 Å². The van der Waals surface area contributed by atoms with Gasteiger partial charge in [-0.2, -0.15) is 0 Å². The van der Waals surface area contributed by atoms with Crippen LogP contribution in [0.1, 0.15) is 27.2 Å². The maximum absolute atomic E-state index is 5.79. The highest BCUT2D eigenvalue weighted by atomic mass is 32.2. The first-order chi connectivity index (χ1) is 8.47. The molecule has 4 heteroatoms. The summed E-state index contributed by atoms with van der Waals surface area (Å²) in [7, 11) is 0. The number of rotatable bonds is 5. The van der Waals surface area contributed by atoms with Crippen LogP contribution in [-0.4, -0.2) is 23.8 Å². The van der Waals surface area contributed by atoms with Crippen LogP contribution in [0.2, 0.25) is 0 Å². The van der Waals surface area contributed by atoms with Gasteiger partial charge in [-0.1, -0.05) is 18.2 Å². The van der Waals surface area contributed by atoms with E-state index in [0.29, 0.717) is 5.96 Å². The van der Waals surface area contributed by atoms with E-state index in [9.17, 15) is 0 Å². The Labute approximate surface area is 114 Å². The van der Waals surface area contributed by atoms with Gasteiger partial charge in [-0.15, -0.1) is 11.8 Å². The standard InChI is InChI=1S/C14H23N3S/c1-14(2,3)17-13(15)16-10-7-11-18-12-8-5-4-6-9-12/h4-6,8-9H,7,10-11H2,1-3H3,(H3,15,16,17). The van der Waals surface area contributed by atoms with E-state index >= 15 is 0 Å². The van der Waals surface area contributed by atoms with Crippen LogP contribution in [0.15, 0.2) is 40.2 Å². The molecule has 0 aliphatic carbocycles. The summed E-state index contributed by atoms with van der Waals surface area (Å²) in [4.78, 5) is 5.62. The molecule has 0 amide bonds. The highest BCUT2D eigenvalue weighted by molar-refractivity contribution is 7.99. The SMILES string of the molecule is CC(C)(C)NC(N)=NCCCSc1ccccc1. The Balaban J connectivity index is 2.17. The Morgan fingerprint density at radius 3 is 2.56 bits per heavy atom. The molecule has 0 saturated heterocycles. The molecular weight excluding hydrogens is 242 g/mol. The van der Waals surface area contributed by atoms with Gasteiger partial charge in [0.05, 0.1) is 0 Å². The third-order valence-corrected chi connectivity index (χ3v) is 3.20. The Kier molecular flexibility index (Phi) is 6.05. The van der Waals surface area contributed by atoms with Crippen molar-refractivity contribution in [2.75, 3.05) is 12.3 Å². The molecule has 0 radical (unpaired) electrons. The second-order valence-corrected chi connectivity index (χ2v) is 6.33. The zero-order valence-corrected chi connectivity index (χ0v) is 12.3. The van der Waals surface area contributed by atoms with Gasteiger partial charge in [0.2, 0.25) is 0 Å². The fourth-order valence-corrected chi connectivity index (χ4v) is 2.25. The zero-order valence-electron chi connectivity index (χ0n) is 11.4. The van der Waals surface area contributed by atoms with E-state index in [1.807, 2.05) is 17.8 Å². The maximum Gasteiger partial charge on any atom is 0.188 e. The van der Waals surface area contributed by atoms with Crippen molar-refractivity contribution in [3.63, 3.8) is 0 Å². The van der Waals surface area contributed by atoms with Crippen molar-refractivity contribution in [1.29, 1.82) is 0 Å². The molecule has 0 aliphatic rings. The average molecular weight is 265 g/mol. The van der Waals surface area contributed by atoms with Gasteiger partial charge in [0.15, 0.2) is 5.96 Å². The monoisotopic (exact) mass is 265 g/mol. The van der Waals surface area contributed by atoms with E-state index in [1.54, 1.807) is 0 Å². The van der Waals surface area contributed by atoms with Gasteiger partial charge in [-0.05, 0) is 45.1 Å². The molecule has 0 unspecified atom stereocenters. The van der Waals surface area contributed by atoms with Crippen LogP contribution in [0.4, 0.5) is 0 Å². The number of thioether (sulfide) groups is 1. The van der Waals surface area contributed by atoms with E-state index in [1.165, 1.54) is 4.90 Å². The molecule has 0 spiro atoms. The van der Waals surface area contributed by atoms with Gasteiger partial charge in [0.25, 0.3) is 0 Å². The van der Waals surface area contributed by atoms with Gasteiger partial charge < -0.3 is 11.1 Å². The minimum Gasteiger partial charge on any atom is -0.370 e. The lowest BCUT2D eigenvalue weighted by Crippen LogP contribution is -2.45. The first-order valence-corrected chi connectivity index (χ1v) is 7.22. The van der Waals surface area contributed by atoms with Crippen LogP contribution in [0.5, 0.6) is 0 Å². The molecule has 3 nitrogen and oxygen atoms in total. The van der Waals surface area contributed by atoms with Gasteiger partial charge in [0.1, 0.15) is 0 Å². The first kappa shape index (κ1) is 14.9. The Morgan fingerprint density at radius 1 is 1.28 bits per heavy atom. The van der Waals surface area contributed by atoms with Crippen molar-refractivity contribution >= 4 is 17.7 Å². The van der Waals surface area contributed by atoms with Gasteiger partial charge in [-0.3, -0.25) is 4.99 Å². The van der Waals surface area contributed by atoms with E-state index in [0.717, 1.165) is 18.7 Å². The van der Waals surface area contributed by atoms with Crippen molar-refractivity contribution in [2.45, 2.75) is 37.6 Å². The molecule has 3 N–H and O–H groups in total. The largest absolute Gasteiger partial charge is 0.370 e. The summed E-state index contributed by atoms with van der Waals surface area (Å²) in [5.41, 5.74) is 5.76. The van der Waals surface area contributed by atoms with Crippen LogP contribution in [0.3, 0.4) is 0 Å². The molecular formula is C14H23N3S. The number of nitrogens with two attached hydrogens (primary N) is 1. The highest BCUT2D eigenvalue weighted by Crippen LogP contribution is 2.17. The van der Waals surface area contributed by atoms with E-state index in [2.05, 4.69) is 55.3 Å². The van der Waals surface area contributed by atoms with Crippen LogP contribution in [-0.2, 0) is 0 Å². The number of hydrogen-bond acceptors (Lipinski definition) is 2. The lowest BCUT2D eigenvalue weighted by molar-refractivity contribution is 0.508. The zero-order chi connectivity index (χ0) is 13.4. The summed E-state index contributed by atoms with van der Waals surface area (Å²) in [6.45, 7) is 6.98. The van der Waals surface area contributed by atoms with Crippen molar-refractivity contribution in [3.8, 4) is 0 Å². The predicted molar refractivity (Wildman–Crippen MR) is 81.2 cm³/mol. The second kappa shape index (κ2) is 7.31. The normalized spacial score (nSPS) is 12.5. The summed E-state index contributed by atoms with van der Waals surface area (Å²) in [6, 6.07) is 10.4. The third kappa shape index (κ3) is 7.22. The lowest BCUT2D eigenvalue weighted by Gasteiger charge is -2.20. The second-order valence-electron chi connectivity index (χ2n) is 5.16. The minimum atomic E-state index is -0.0215. The van der Waals surface area contributed by atoms with Crippen molar-refractivity contribution < 1.29 is 0 Å². The number of hydrogen-bond donors (Lipinski definition) is 2. The molecule has 0 heterocycles. The van der Waals surface area contributed by atoms with Gasteiger partial charge >= 0.3 is 0 Å². The highest BCUT2D eigenvalue weighted by Gasteiger charge is 2.09. The summed E-state index contributed by atoms with van der Waals surface area (Å²) < 4.78 is 0. The molecule has 0 aromatic heterocycles. The molecule has 0 fully saturated rings. The molecule has 100 valence electrons. The number of aliphatic imine (C=N–C) groups is 1. The van der Waals surface area contributed by atoms with Crippen molar-refractivity contribution in [3.05, 3.63) is 30.3 Å². The number of nitrogens with one attached hydrogen (secondary N) is 1. The molecule has 18 heavy (non-hydrogen) atoms. The van der Waals surface area contributed by atoms with Crippen LogP contribution >= 0.6 is 11.8 Å². The Hall–Kier alpha value is -1.16. The van der Waals surface area contributed by atoms with E-state index in [4.69, 9.17) is 5.73 Å². The molecule has 1 aromatic carbocycles. The topological polar surface area (TPSA) is 50.4 Å². The summed E-state index contributed by atoms with van der Waals surface area (Å²) >= 11 is 1.85. The minimum absolute atomic E-state index is 0.0215. The predicted octanol–water partition coefficient (Wildman–Crippen LogP) is 2.87.